The number of aliphatic imine (C=N–C) groups is 1. The SMILES string of the molecule is CCNC(=NCc1cccc(OCC(N)=O)c1)NC1CCCC(CC)C1. The van der Waals surface area contributed by atoms with Crippen molar-refractivity contribution in [2.45, 2.75) is 58.5 Å². The normalized spacial score (nSPS) is 20.5. The highest BCUT2D eigenvalue weighted by Gasteiger charge is 2.21. The van der Waals surface area contributed by atoms with Gasteiger partial charge in [0.15, 0.2) is 12.6 Å². The van der Waals surface area contributed by atoms with Gasteiger partial charge in [0.05, 0.1) is 6.54 Å². The van der Waals surface area contributed by atoms with Crippen molar-refractivity contribution in [2.24, 2.45) is 16.6 Å². The minimum Gasteiger partial charge on any atom is -0.484 e. The maximum Gasteiger partial charge on any atom is 0.255 e. The number of nitrogens with one attached hydrogen (secondary N) is 2. The highest BCUT2D eigenvalue weighted by Crippen LogP contribution is 2.26. The molecule has 0 radical (unpaired) electrons. The number of nitrogens with zero attached hydrogens (tertiary/aromatic N) is 1. The lowest BCUT2D eigenvalue weighted by Crippen LogP contribution is -2.45. The molecule has 0 bridgehead atoms. The topological polar surface area (TPSA) is 88.7 Å². The highest BCUT2D eigenvalue weighted by atomic mass is 16.5. The monoisotopic (exact) mass is 360 g/mol. The van der Waals surface area contributed by atoms with E-state index in [9.17, 15) is 4.79 Å². The third-order valence-electron chi connectivity index (χ3n) is 4.74. The number of amides is 1. The number of ether oxygens (including phenoxy) is 1. The standard InChI is InChI=1S/C20H32N4O2/c1-3-15-7-5-9-17(11-15)24-20(22-4-2)23-13-16-8-6-10-18(12-16)26-14-19(21)25/h6,8,10,12,15,17H,3-5,7,9,11,13-14H2,1-2H3,(H2,21,25)(H2,22,23,24). The van der Waals surface area contributed by atoms with Gasteiger partial charge in [-0.25, -0.2) is 4.99 Å². The van der Waals surface area contributed by atoms with Crippen molar-refractivity contribution >= 4 is 11.9 Å². The van der Waals surface area contributed by atoms with Crippen LogP contribution in [0.1, 0.15) is 51.5 Å². The van der Waals surface area contributed by atoms with Crippen LogP contribution in [0.4, 0.5) is 0 Å². The molecule has 2 rings (SSSR count). The molecule has 144 valence electrons. The van der Waals surface area contributed by atoms with Gasteiger partial charge in [0.2, 0.25) is 0 Å². The predicted octanol–water partition coefficient (Wildman–Crippen LogP) is 2.57. The van der Waals surface area contributed by atoms with E-state index in [0.29, 0.717) is 18.3 Å². The maximum atomic E-state index is 10.8. The number of hydrogen-bond donors (Lipinski definition) is 3. The summed E-state index contributed by atoms with van der Waals surface area (Å²) in [6, 6.07) is 8.10. The minimum atomic E-state index is -0.482. The van der Waals surface area contributed by atoms with Crippen molar-refractivity contribution in [2.75, 3.05) is 13.2 Å². The molecular weight excluding hydrogens is 328 g/mol. The molecule has 0 aromatic heterocycles. The van der Waals surface area contributed by atoms with E-state index in [2.05, 4.69) is 24.5 Å². The van der Waals surface area contributed by atoms with Gasteiger partial charge in [-0.05, 0) is 43.4 Å². The second kappa shape index (κ2) is 10.7. The van der Waals surface area contributed by atoms with Gasteiger partial charge < -0.3 is 21.1 Å². The fourth-order valence-corrected chi connectivity index (χ4v) is 3.36. The average Bonchev–Trinajstić information content (AvgIpc) is 2.65. The van der Waals surface area contributed by atoms with Crippen LogP contribution in [0.25, 0.3) is 0 Å². The smallest absolute Gasteiger partial charge is 0.255 e. The molecule has 1 amide bonds. The Morgan fingerprint density at radius 3 is 2.92 bits per heavy atom. The van der Waals surface area contributed by atoms with Crippen LogP contribution in [0.5, 0.6) is 5.75 Å². The third-order valence-corrected chi connectivity index (χ3v) is 4.74. The molecule has 6 heteroatoms. The first-order valence-electron chi connectivity index (χ1n) is 9.65. The number of benzene rings is 1. The van der Waals surface area contributed by atoms with Gasteiger partial charge in [0.1, 0.15) is 5.75 Å². The fourth-order valence-electron chi connectivity index (χ4n) is 3.36. The van der Waals surface area contributed by atoms with E-state index >= 15 is 0 Å². The zero-order valence-electron chi connectivity index (χ0n) is 16.0. The van der Waals surface area contributed by atoms with Gasteiger partial charge in [-0.2, -0.15) is 0 Å². The van der Waals surface area contributed by atoms with Gasteiger partial charge in [0.25, 0.3) is 5.91 Å². The number of carbonyl (C=O) groups excluding carboxylic acids is 1. The second-order valence-corrected chi connectivity index (χ2v) is 6.88. The summed E-state index contributed by atoms with van der Waals surface area (Å²) in [7, 11) is 0. The van der Waals surface area contributed by atoms with Crippen LogP contribution in [-0.2, 0) is 11.3 Å². The Kier molecular flexibility index (Phi) is 8.25. The van der Waals surface area contributed by atoms with Crippen LogP contribution in [0.15, 0.2) is 29.3 Å². The van der Waals surface area contributed by atoms with Gasteiger partial charge in [0, 0.05) is 12.6 Å². The first-order chi connectivity index (χ1) is 12.6. The molecule has 4 N–H and O–H groups in total. The van der Waals surface area contributed by atoms with Crippen molar-refractivity contribution in [3.63, 3.8) is 0 Å². The van der Waals surface area contributed by atoms with E-state index < -0.39 is 5.91 Å². The summed E-state index contributed by atoms with van der Waals surface area (Å²) in [5.41, 5.74) is 6.14. The lowest BCUT2D eigenvalue weighted by molar-refractivity contribution is -0.119. The van der Waals surface area contributed by atoms with Crippen molar-refractivity contribution in [1.82, 2.24) is 10.6 Å². The van der Waals surface area contributed by atoms with Crippen molar-refractivity contribution in [3.8, 4) is 5.75 Å². The Hall–Kier alpha value is -2.24. The molecular formula is C20H32N4O2. The molecule has 0 saturated heterocycles. The van der Waals surface area contributed by atoms with Crippen LogP contribution in [0, 0.1) is 5.92 Å². The van der Waals surface area contributed by atoms with Gasteiger partial charge in [-0.15, -0.1) is 0 Å². The summed E-state index contributed by atoms with van der Waals surface area (Å²) in [5, 5.41) is 6.93. The Labute approximate surface area is 156 Å². The van der Waals surface area contributed by atoms with Gasteiger partial charge in [-0.1, -0.05) is 38.3 Å². The lowest BCUT2D eigenvalue weighted by atomic mass is 9.84. The minimum absolute atomic E-state index is 0.114. The number of carbonyl (C=O) groups is 1. The molecule has 0 spiro atoms. The van der Waals surface area contributed by atoms with Crippen LogP contribution < -0.4 is 21.1 Å². The Balaban J connectivity index is 1.95. The summed E-state index contributed by atoms with van der Waals surface area (Å²) < 4.78 is 5.35. The quantitative estimate of drug-likeness (QED) is 0.491. The molecule has 26 heavy (non-hydrogen) atoms. The van der Waals surface area contributed by atoms with Crippen molar-refractivity contribution in [1.29, 1.82) is 0 Å². The average molecular weight is 361 g/mol. The van der Waals surface area contributed by atoms with E-state index in [-0.39, 0.29) is 6.61 Å². The molecule has 1 aromatic carbocycles. The largest absolute Gasteiger partial charge is 0.484 e. The Morgan fingerprint density at radius 2 is 2.19 bits per heavy atom. The predicted molar refractivity (Wildman–Crippen MR) is 105 cm³/mol. The summed E-state index contributed by atoms with van der Waals surface area (Å²) in [5.74, 6) is 1.83. The molecule has 1 saturated carbocycles. The summed E-state index contributed by atoms with van der Waals surface area (Å²) >= 11 is 0. The zero-order chi connectivity index (χ0) is 18.8. The lowest BCUT2D eigenvalue weighted by Gasteiger charge is -2.30. The zero-order valence-corrected chi connectivity index (χ0v) is 16.0. The summed E-state index contributed by atoms with van der Waals surface area (Å²) in [4.78, 5) is 15.5. The van der Waals surface area contributed by atoms with E-state index in [1.165, 1.54) is 32.1 Å². The molecule has 1 fully saturated rings. The Bertz CT molecular complexity index is 603. The van der Waals surface area contributed by atoms with Crippen LogP contribution in [0.2, 0.25) is 0 Å². The van der Waals surface area contributed by atoms with Crippen LogP contribution in [-0.4, -0.2) is 31.1 Å². The molecule has 2 atom stereocenters. The van der Waals surface area contributed by atoms with E-state index in [1.807, 2.05) is 24.3 Å². The highest BCUT2D eigenvalue weighted by molar-refractivity contribution is 5.80. The van der Waals surface area contributed by atoms with E-state index in [4.69, 9.17) is 15.5 Å². The Morgan fingerprint density at radius 1 is 1.35 bits per heavy atom. The molecule has 1 aliphatic carbocycles. The molecule has 0 heterocycles. The molecule has 2 unspecified atom stereocenters. The first-order valence-corrected chi connectivity index (χ1v) is 9.65. The summed E-state index contributed by atoms with van der Waals surface area (Å²) in [6.45, 7) is 5.62. The fraction of sp³-hybridized carbons (Fsp3) is 0.600. The second-order valence-electron chi connectivity index (χ2n) is 6.88. The molecule has 1 aliphatic rings. The number of rotatable bonds is 8. The number of hydrogen-bond acceptors (Lipinski definition) is 3. The first kappa shape index (κ1) is 20.1. The van der Waals surface area contributed by atoms with Gasteiger partial charge in [-0.3, -0.25) is 4.79 Å². The van der Waals surface area contributed by atoms with Crippen molar-refractivity contribution in [3.05, 3.63) is 29.8 Å². The van der Waals surface area contributed by atoms with Gasteiger partial charge >= 0.3 is 0 Å². The molecule has 6 nitrogen and oxygen atoms in total. The van der Waals surface area contributed by atoms with Crippen LogP contribution in [0.3, 0.4) is 0 Å². The van der Waals surface area contributed by atoms with E-state index in [0.717, 1.165) is 24.0 Å². The molecule has 1 aromatic rings. The van der Waals surface area contributed by atoms with Crippen molar-refractivity contribution < 1.29 is 9.53 Å². The van der Waals surface area contributed by atoms with Crippen LogP contribution >= 0.6 is 0 Å². The number of nitrogens with two attached hydrogens (primary N) is 1. The third kappa shape index (κ3) is 6.94. The van der Waals surface area contributed by atoms with E-state index in [1.54, 1.807) is 0 Å². The molecule has 0 aliphatic heterocycles. The number of guanidine groups is 1. The summed E-state index contributed by atoms with van der Waals surface area (Å²) in [6.07, 6.45) is 6.31. The number of primary amides is 1. The maximum absolute atomic E-state index is 10.8.